The van der Waals surface area contributed by atoms with Crippen LogP contribution in [0.5, 0.6) is 11.5 Å². The van der Waals surface area contributed by atoms with Gasteiger partial charge in [-0.25, -0.2) is 0 Å². The van der Waals surface area contributed by atoms with Gasteiger partial charge in [0.1, 0.15) is 29.0 Å². The summed E-state index contributed by atoms with van der Waals surface area (Å²) >= 11 is 6.30. The number of rotatable bonds is 11. The van der Waals surface area contributed by atoms with Crippen molar-refractivity contribution in [3.8, 4) is 11.5 Å². The van der Waals surface area contributed by atoms with E-state index in [9.17, 15) is 9.59 Å². The van der Waals surface area contributed by atoms with E-state index in [4.69, 9.17) is 26.8 Å². The zero-order valence-electron chi connectivity index (χ0n) is 19.5. The van der Waals surface area contributed by atoms with Crippen LogP contribution in [0.15, 0.2) is 83.8 Å². The van der Waals surface area contributed by atoms with E-state index in [0.29, 0.717) is 35.2 Å². The van der Waals surface area contributed by atoms with Crippen LogP contribution in [-0.4, -0.2) is 39.4 Å². The molecule has 36 heavy (non-hydrogen) atoms. The summed E-state index contributed by atoms with van der Waals surface area (Å²) in [6.07, 6.45) is 3.45. The molecule has 1 fully saturated rings. The molecule has 3 aromatic carbocycles. The van der Waals surface area contributed by atoms with E-state index in [1.165, 1.54) is 5.56 Å². The van der Waals surface area contributed by atoms with Crippen LogP contribution in [0.3, 0.4) is 0 Å². The number of amides is 1. The van der Waals surface area contributed by atoms with Crippen LogP contribution in [0.1, 0.15) is 23.1 Å². The Hall–Kier alpha value is -3.62. The van der Waals surface area contributed by atoms with Crippen LogP contribution in [0, 0.1) is 0 Å². The topological polar surface area (TPSA) is 76.1 Å². The van der Waals surface area contributed by atoms with Gasteiger partial charge in [0.2, 0.25) is 0 Å². The number of carboxylic acids is 1. The summed E-state index contributed by atoms with van der Waals surface area (Å²) in [6, 6.07) is 25.5. The number of aryl methyl sites for hydroxylation is 1. The monoisotopic (exact) mass is 519 g/mol. The zero-order chi connectivity index (χ0) is 25.3. The smallest absolute Gasteiger partial charge is 0.323 e. The SMILES string of the molecule is O=C(O)CN1C(=O)C(=Cc2cc(OCCCc3ccccc3)ccc2OCc2ccccc2)SC1=S. The maximum absolute atomic E-state index is 12.8. The molecule has 0 unspecified atom stereocenters. The minimum Gasteiger partial charge on any atom is -0.494 e. The first-order valence-electron chi connectivity index (χ1n) is 11.4. The Morgan fingerprint density at radius 3 is 2.36 bits per heavy atom. The van der Waals surface area contributed by atoms with Gasteiger partial charge >= 0.3 is 5.97 Å². The first-order valence-corrected chi connectivity index (χ1v) is 12.7. The summed E-state index contributed by atoms with van der Waals surface area (Å²) in [5.41, 5.74) is 2.93. The van der Waals surface area contributed by atoms with E-state index in [0.717, 1.165) is 35.1 Å². The molecule has 1 saturated heterocycles. The summed E-state index contributed by atoms with van der Waals surface area (Å²) in [7, 11) is 0. The Balaban J connectivity index is 1.51. The fourth-order valence-corrected chi connectivity index (χ4v) is 4.87. The number of carbonyl (C=O) groups excluding carboxylic acids is 1. The number of hydrogen-bond donors (Lipinski definition) is 1. The highest BCUT2D eigenvalue weighted by atomic mass is 32.2. The number of carbonyl (C=O) groups is 2. The van der Waals surface area contributed by atoms with E-state index in [2.05, 4.69) is 12.1 Å². The van der Waals surface area contributed by atoms with Crippen molar-refractivity contribution in [1.29, 1.82) is 0 Å². The van der Waals surface area contributed by atoms with Crippen LogP contribution in [-0.2, 0) is 22.6 Å². The molecular formula is C28H25NO5S2. The molecule has 8 heteroatoms. The Morgan fingerprint density at radius 1 is 0.972 bits per heavy atom. The number of carboxylic acid groups (broad SMARTS) is 1. The van der Waals surface area contributed by atoms with Crippen molar-refractivity contribution in [2.24, 2.45) is 0 Å². The first-order chi connectivity index (χ1) is 17.5. The van der Waals surface area contributed by atoms with E-state index >= 15 is 0 Å². The minimum atomic E-state index is -1.12. The summed E-state index contributed by atoms with van der Waals surface area (Å²) < 4.78 is 12.3. The fourth-order valence-electron chi connectivity index (χ4n) is 3.62. The van der Waals surface area contributed by atoms with Crippen molar-refractivity contribution >= 4 is 46.3 Å². The van der Waals surface area contributed by atoms with Crippen molar-refractivity contribution in [3.05, 3.63) is 100 Å². The van der Waals surface area contributed by atoms with Crippen LogP contribution in [0.25, 0.3) is 6.08 Å². The molecule has 1 aliphatic rings. The molecule has 1 aliphatic heterocycles. The van der Waals surface area contributed by atoms with Crippen molar-refractivity contribution in [2.45, 2.75) is 19.4 Å². The molecular weight excluding hydrogens is 494 g/mol. The molecule has 0 atom stereocenters. The second-order valence-electron chi connectivity index (χ2n) is 8.07. The maximum atomic E-state index is 12.8. The molecule has 0 saturated carbocycles. The van der Waals surface area contributed by atoms with Crippen molar-refractivity contribution in [1.82, 2.24) is 4.90 Å². The highest BCUT2D eigenvalue weighted by Crippen LogP contribution is 2.35. The molecule has 1 amide bonds. The molecule has 1 heterocycles. The molecule has 0 radical (unpaired) electrons. The molecule has 1 N–H and O–H groups in total. The molecule has 184 valence electrons. The van der Waals surface area contributed by atoms with Crippen LogP contribution >= 0.6 is 24.0 Å². The number of nitrogens with zero attached hydrogens (tertiary/aromatic N) is 1. The van der Waals surface area contributed by atoms with Gasteiger partial charge < -0.3 is 14.6 Å². The molecule has 0 aliphatic carbocycles. The van der Waals surface area contributed by atoms with Crippen molar-refractivity contribution in [2.75, 3.05) is 13.2 Å². The van der Waals surface area contributed by atoms with Gasteiger partial charge in [-0.15, -0.1) is 0 Å². The highest BCUT2D eigenvalue weighted by molar-refractivity contribution is 8.26. The molecule has 0 bridgehead atoms. The highest BCUT2D eigenvalue weighted by Gasteiger charge is 2.33. The Kier molecular flexibility index (Phi) is 8.76. The van der Waals surface area contributed by atoms with Gasteiger partial charge in [0.15, 0.2) is 0 Å². The molecule has 0 aromatic heterocycles. The van der Waals surface area contributed by atoms with E-state index in [1.54, 1.807) is 6.08 Å². The second-order valence-corrected chi connectivity index (χ2v) is 9.75. The predicted molar refractivity (Wildman–Crippen MR) is 145 cm³/mol. The average Bonchev–Trinajstić information content (AvgIpc) is 3.14. The van der Waals surface area contributed by atoms with E-state index < -0.39 is 18.4 Å². The third kappa shape index (κ3) is 6.96. The van der Waals surface area contributed by atoms with Gasteiger partial charge in [-0.3, -0.25) is 14.5 Å². The lowest BCUT2D eigenvalue weighted by Gasteiger charge is -2.13. The van der Waals surface area contributed by atoms with Gasteiger partial charge in [-0.2, -0.15) is 0 Å². The van der Waals surface area contributed by atoms with Crippen LogP contribution in [0.4, 0.5) is 0 Å². The summed E-state index contributed by atoms with van der Waals surface area (Å²) in [4.78, 5) is 25.3. The van der Waals surface area contributed by atoms with E-state index in [-0.39, 0.29) is 4.32 Å². The number of thioether (sulfide) groups is 1. The van der Waals surface area contributed by atoms with Crippen molar-refractivity contribution < 1.29 is 24.2 Å². The standard InChI is InChI=1S/C28H25NO5S2/c30-26(31)18-29-27(32)25(36-28(29)35)17-22-16-23(33-15-7-12-20-8-3-1-4-9-20)13-14-24(22)34-19-21-10-5-2-6-11-21/h1-6,8-11,13-14,16-17H,7,12,15,18-19H2,(H,30,31). The van der Waals surface area contributed by atoms with Gasteiger partial charge in [0.05, 0.1) is 11.5 Å². The molecule has 0 spiro atoms. The largest absolute Gasteiger partial charge is 0.494 e. The number of benzene rings is 3. The minimum absolute atomic E-state index is 0.216. The maximum Gasteiger partial charge on any atom is 0.323 e. The number of ether oxygens (including phenoxy) is 2. The van der Waals surface area contributed by atoms with Crippen LogP contribution < -0.4 is 9.47 Å². The number of thiocarbonyl (C=S) groups is 1. The van der Waals surface area contributed by atoms with Crippen LogP contribution in [0.2, 0.25) is 0 Å². The van der Waals surface area contributed by atoms with Gasteiger partial charge in [0, 0.05) is 5.56 Å². The third-order valence-electron chi connectivity index (χ3n) is 5.39. The molecule has 6 nitrogen and oxygen atoms in total. The first kappa shape index (κ1) is 25.5. The Morgan fingerprint density at radius 2 is 1.67 bits per heavy atom. The molecule has 3 aromatic rings. The lowest BCUT2D eigenvalue weighted by Crippen LogP contribution is -2.33. The Labute approximate surface area is 219 Å². The number of aliphatic carboxylic acids is 1. The fraction of sp³-hybridized carbons (Fsp3) is 0.179. The normalized spacial score (nSPS) is 14.3. The van der Waals surface area contributed by atoms with Gasteiger partial charge in [0.25, 0.3) is 5.91 Å². The second kappa shape index (κ2) is 12.4. The lowest BCUT2D eigenvalue weighted by molar-refractivity contribution is -0.140. The van der Waals surface area contributed by atoms with Gasteiger partial charge in [-0.1, -0.05) is 84.6 Å². The summed E-state index contributed by atoms with van der Waals surface area (Å²) in [5, 5.41) is 9.10. The molecule has 4 rings (SSSR count). The Bertz CT molecular complexity index is 1260. The number of hydrogen-bond acceptors (Lipinski definition) is 6. The van der Waals surface area contributed by atoms with E-state index in [1.807, 2.05) is 66.7 Å². The zero-order valence-corrected chi connectivity index (χ0v) is 21.1. The quantitative estimate of drug-likeness (QED) is 0.202. The van der Waals surface area contributed by atoms with Crippen molar-refractivity contribution in [3.63, 3.8) is 0 Å². The van der Waals surface area contributed by atoms with Gasteiger partial charge in [-0.05, 0) is 48.2 Å². The average molecular weight is 520 g/mol. The lowest BCUT2D eigenvalue weighted by atomic mass is 10.1. The summed E-state index contributed by atoms with van der Waals surface area (Å²) in [6.45, 7) is 0.433. The summed E-state index contributed by atoms with van der Waals surface area (Å²) in [5.74, 6) is -0.317. The third-order valence-corrected chi connectivity index (χ3v) is 6.77. The predicted octanol–water partition coefficient (Wildman–Crippen LogP) is 5.56.